The number of carboxylic acids is 1. The maximum absolute atomic E-state index is 11.0. The lowest BCUT2D eigenvalue weighted by atomic mass is 9.88. The quantitative estimate of drug-likeness (QED) is 0.711. The Morgan fingerprint density at radius 1 is 1.24 bits per heavy atom. The molecule has 0 aromatic rings. The van der Waals surface area contributed by atoms with E-state index < -0.39 is 11.4 Å². The first-order chi connectivity index (χ1) is 7.66. The molecule has 17 heavy (non-hydrogen) atoms. The zero-order valence-electron chi connectivity index (χ0n) is 12.3. The summed E-state index contributed by atoms with van der Waals surface area (Å²) < 4.78 is 0. The maximum Gasteiger partial charge on any atom is 0.309 e. The van der Waals surface area contributed by atoms with Crippen LogP contribution < -0.4 is 0 Å². The minimum absolute atomic E-state index is 0.533. The lowest BCUT2D eigenvalue weighted by Gasteiger charge is -2.29. The Morgan fingerprint density at radius 3 is 2.12 bits per heavy atom. The van der Waals surface area contributed by atoms with E-state index in [0.29, 0.717) is 12.0 Å². The van der Waals surface area contributed by atoms with E-state index in [0.717, 1.165) is 25.9 Å². The van der Waals surface area contributed by atoms with Crippen molar-refractivity contribution in [2.45, 2.75) is 60.4 Å². The average molecular weight is 243 g/mol. The number of rotatable bonds is 8. The Morgan fingerprint density at radius 2 is 1.76 bits per heavy atom. The summed E-state index contributed by atoms with van der Waals surface area (Å²) in [6, 6.07) is 0.533. The zero-order chi connectivity index (χ0) is 13.6. The zero-order valence-corrected chi connectivity index (χ0v) is 12.3. The van der Waals surface area contributed by atoms with Crippen LogP contribution in [-0.2, 0) is 4.79 Å². The highest BCUT2D eigenvalue weighted by molar-refractivity contribution is 5.73. The molecule has 0 aliphatic rings. The summed E-state index contributed by atoms with van der Waals surface area (Å²) in [7, 11) is 0. The monoisotopic (exact) mass is 243 g/mol. The molecule has 0 saturated carbocycles. The van der Waals surface area contributed by atoms with Crippen molar-refractivity contribution in [2.75, 3.05) is 13.1 Å². The molecule has 0 unspecified atom stereocenters. The molecule has 0 saturated heterocycles. The fourth-order valence-corrected chi connectivity index (χ4v) is 1.86. The Labute approximate surface area is 106 Å². The summed E-state index contributed by atoms with van der Waals surface area (Å²) in [6.45, 7) is 14.5. The van der Waals surface area contributed by atoms with Crippen LogP contribution in [0.1, 0.15) is 54.4 Å². The van der Waals surface area contributed by atoms with E-state index in [2.05, 4.69) is 32.6 Å². The van der Waals surface area contributed by atoms with Crippen molar-refractivity contribution in [1.29, 1.82) is 0 Å². The Balaban J connectivity index is 4.11. The Bertz CT molecular complexity index is 234. The third-order valence-corrected chi connectivity index (χ3v) is 3.16. The first kappa shape index (κ1) is 16.4. The largest absolute Gasteiger partial charge is 0.481 e. The number of hydrogen-bond acceptors (Lipinski definition) is 2. The van der Waals surface area contributed by atoms with Crippen LogP contribution in [0.15, 0.2) is 0 Å². The number of aliphatic carboxylic acids is 1. The van der Waals surface area contributed by atoms with Crippen molar-refractivity contribution >= 4 is 5.97 Å². The van der Waals surface area contributed by atoms with Crippen molar-refractivity contribution in [2.24, 2.45) is 11.3 Å². The predicted molar refractivity (Wildman–Crippen MR) is 72.2 cm³/mol. The third kappa shape index (κ3) is 6.67. The summed E-state index contributed by atoms with van der Waals surface area (Å²) in [5.41, 5.74) is -0.597. The van der Waals surface area contributed by atoms with Gasteiger partial charge in [0.2, 0.25) is 0 Å². The lowest BCUT2D eigenvalue weighted by Crippen LogP contribution is -2.36. The van der Waals surface area contributed by atoms with Crippen LogP contribution in [0.5, 0.6) is 0 Å². The molecule has 1 N–H and O–H groups in total. The second-order valence-corrected chi connectivity index (χ2v) is 6.28. The third-order valence-electron chi connectivity index (χ3n) is 3.16. The van der Waals surface area contributed by atoms with Crippen LogP contribution in [0, 0.1) is 11.3 Å². The summed E-state index contributed by atoms with van der Waals surface area (Å²) >= 11 is 0. The van der Waals surface area contributed by atoms with Gasteiger partial charge in [-0.25, -0.2) is 0 Å². The fourth-order valence-electron chi connectivity index (χ4n) is 1.86. The summed E-state index contributed by atoms with van der Waals surface area (Å²) in [6.07, 6.45) is 1.69. The number of carbonyl (C=O) groups is 1. The van der Waals surface area contributed by atoms with Crippen molar-refractivity contribution in [1.82, 2.24) is 4.90 Å². The van der Waals surface area contributed by atoms with Gasteiger partial charge in [0, 0.05) is 12.6 Å². The van der Waals surface area contributed by atoms with Gasteiger partial charge in [-0.2, -0.15) is 0 Å². The second-order valence-electron chi connectivity index (χ2n) is 6.28. The van der Waals surface area contributed by atoms with E-state index in [1.165, 1.54) is 0 Å². The number of carboxylic acid groups (broad SMARTS) is 1. The molecular formula is C14H29NO2. The minimum Gasteiger partial charge on any atom is -0.481 e. The predicted octanol–water partition coefficient (Wildman–Crippen LogP) is 3.24. The normalized spacial score (nSPS) is 12.8. The lowest BCUT2D eigenvalue weighted by molar-refractivity contribution is -0.147. The molecule has 0 radical (unpaired) electrons. The van der Waals surface area contributed by atoms with Gasteiger partial charge in [-0.3, -0.25) is 4.79 Å². The molecule has 0 bridgehead atoms. The van der Waals surface area contributed by atoms with Gasteiger partial charge in [0.15, 0.2) is 0 Å². The molecule has 0 rings (SSSR count). The molecule has 0 spiro atoms. The highest BCUT2D eigenvalue weighted by Crippen LogP contribution is 2.22. The summed E-state index contributed by atoms with van der Waals surface area (Å²) in [4.78, 5) is 13.4. The summed E-state index contributed by atoms with van der Waals surface area (Å²) in [5.74, 6) is -0.0395. The molecule has 3 nitrogen and oxygen atoms in total. The average Bonchev–Trinajstić information content (AvgIpc) is 2.14. The van der Waals surface area contributed by atoms with E-state index >= 15 is 0 Å². The van der Waals surface area contributed by atoms with Gasteiger partial charge < -0.3 is 10.0 Å². The highest BCUT2D eigenvalue weighted by atomic mass is 16.4. The fraction of sp³-hybridized carbons (Fsp3) is 0.929. The molecule has 0 aromatic carbocycles. The van der Waals surface area contributed by atoms with Crippen LogP contribution in [-0.4, -0.2) is 35.1 Å². The van der Waals surface area contributed by atoms with Crippen LogP contribution in [0.2, 0.25) is 0 Å². The molecule has 0 aliphatic heterocycles. The van der Waals surface area contributed by atoms with Crippen molar-refractivity contribution in [3.8, 4) is 0 Å². The van der Waals surface area contributed by atoms with Gasteiger partial charge in [-0.15, -0.1) is 0 Å². The maximum atomic E-state index is 11.0. The van der Waals surface area contributed by atoms with Crippen molar-refractivity contribution in [3.05, 3.63) is 0 Å². The minimum atomic E-state index is -0.697. The summed E-state index contributed by atoms with van der Waals surface area (Å²) in [5, 5.41) is 9.05. The first-order valence-electron chi connectivity index (χ1n) is 6.64. The highest BCUT2D eigenvalue weighted by Gasteiger charge is 2.26. The number of nitrogens with zero attached hydrogens (tertiary/aromatic N) is 1. The van der Waals surface area contributed by atoms with E-state index in [1.807, 2.05) is 0 Å². The molecule has 102 valence electrons. The van der Waals surface area contributed by atoms with E-state index in [9.17, 15) is 4.79 Å². The SMILES string of the molecule is CC(C)CN(CCCC(C)(C)C(=O)O)C(C)C. The van der Waals surface area contributed by atoms with Crippen LogP contribution in [0.25, 0.3) is 0 Å². The second kappa shape index (κ2) is 7.00. The molecule has 0 aromatic heterocycles. The first-order valence-corrected chi connectivity index (χ1v) is 6.64. The van der Waals surface area contributed by atoms with Crippen molar-refractivity contribution in [3.63, 3.8) is 0 Å². The molecule has 0 aliphatic carbocycles. The molecule has 3 heteroatoms. The van der Waals surface area contributed by atoms with Gasteiger partial charge in [-0.05, 0) is 53.0 Å². The van der Waals surface area contributed by atoms with Gasteiger partial charge in [0.05, 0.1) is 5.41 Å². The Hall–Kier alpha value is -0.570. The standard InChI is InChI=1S/C14H29NO2/c1-11(2)10-15(12(3)4)9-7-8-14(5,6)13(16)17/h11-12H,7-10H2,1-6H3,(H,16,17). The smallest absolute Gasteiger partial charge is 0.309 e. The van der Waals surface area contributed by atoms with E-state index in [1.54, 1.807) is 13.8 Å². The number of hydrogen-bond donors (Lipinski definition) is 1. The van der Waals surface area contributed by atoms with Gasteiger partial charge in [0.1, 0.15) is 0 Å². The van der Waals surface area contributed by atoms with Crippen LogP contribution in [0.3, 0.4) is 0 Å². The van der Waals surface area contributed by atoms with Crippen LogP contribution in [0.4, 0.5) is 0 Å². The van der Waals surface area contributed by atoms with Gasteiger partial charge >= 0.3 is 5.97 Å². The van der Waals surface area contributed by atoms with Gasteiger partial charge in [-0.1, -0.05) is 13.8 Å². The van der Waals surface area contributed by atoms with Gasteiger partial charge in [0.25, 0.3) is 0 Å². The molecule has 0 fully saturated rings. The van der Waals surface area contributed by atoms with E-state index in [-0.39, 0.29) is 0 Å². The van der Waals surface area contributed by atoms with E-state index in [4.69, 9.17) is 5.11 Å². The Kier molecular flexibility index (Phi) is 6.76. The molecular weight excluding hydrogens is 214 g/mol. The molecule has 0 amide bonds. The van der Waals surface area contributed by atoms with Crippen molar-refractivity contribution < 1.29 is 9.90 Å². The molecule has 0 atom stereocenters. The molecule has 0 heterocycles. The van der Waals surface area contributed by atoms with Crippen LogP contribution >= 0.6 is 0 Å². The topological polar surface area (TPSA) is 40.5 Å².